The summed E-state index contributed by atoms with van der Waals surface area (Å²) in [5, 5.41) is 6.72. The Morgan fingerprint density at radius 1 is 1.14 bits per heavy atom. The van der Waals surface area contributed by atoms with E-state index in [0.717, 1.165) is 5.56 Å². The molecule has 0 atom stereocenters. The van der Waals surface area contributed by atoms with E-state index >= 15 is 0 Å². The second kappa shape index (κ2) is 8.98. The number of carbonyl (C=O) groups excluding carboxylic acids is 1. The van der Waals surface area contributed by atoms with Crippen LogP contribution in [0.15, 0.2) is 41.6 Å². The number of anilines is 1. The standard InChI is InChI=1S/C20H22N2O6/c1-4-25-16-8-6-15(10-18(16)24-3)21-20(23)11-28-22-13(2)14-5-7-17-19(9-14)27-12-26-17/h5-10H,4,11-12H2,1-3H3,(H,21,23)/b22-13-. The zero-order valence-electron chi connectivity index (χ0n) is 16.0. The fourth-order valence-electron chi connectivity index (χ4n) is 2.58. The van der Waals surface area contributed by atoms with E-state index in [2.05, 4.69) is 10.5 Å². The SMILES string of the molecule is CCOc1ccc(NC(=O)CO/N=C(/C)c2ccc3c(c2)OCO3)cc1OC. The van der Waals surface area contributed by atoms with Gasteiger partial charge in [0.05, 0.1) is 19.4 Å². The first-order valence-corrected chi connectivity index (χ1v) is 8.78. The molecule has 0 radical (unpaired) electrons. The highest BCUT2D eigenvalue weighted by molar-refractivity contribution is 5.99. The van der Waals surface area contributed by atoms with Crippen LogP contribution >= 0.6 is 0 Å². The summed E-state index contributed by atoms with van der Waals surface area (Å²) in [4.78, 5) is 17.3. The number of rotatable bonds is 8. The molecule has 0 saturated carbocycles. The van der Waals surface area contributed by atoms with E-state index in [-0.39, 0.29) is 19.3 Å². The Balaban J connectivity index is 1.54. The number of ether oxygens (including phenoxy) is 4. The summed E-state index contributed by atoms with van der Waals surface area (Å²) in [5.74, 6) is 2.17. The smallest absolute Gasteiger partial charge is 0.265 e. The van der Waals surface area contributed by atoms with Crippen LogP contribution in [0.25, 0.3) is 0 Å². The lowest BCUT2D eigenvalue weighted by molar-refractivity contribution is -0.120. The van der Waals surface area contributed by atoms with Crippen LogP contribution in [0, 0.1) is 0 Å². The minimum absolute atomic E-state index is 0.210. The molecule has 1 aliphatic rings. The van der Waals surface area contributed by atoms with Gasteiger partial charge in [-0.05, 0) is 44.2 Å². The summed E-state index contributed by atoms with van der Waals surface area (Å²) >= 11 is 0. The third-order valence-corrected chi connectivity index (χ3v) is 3.93. The minimum Gasteiger partial charge on any atom is -0.493 e. The van der Waals surface area contributed by atoms with Crippen LogP contribution in [0.2, 0.25) is 0 Å². The monoisotopic (exact) mass is 386 g/mol. The molecule has 8 nitrogen and oxygen atoms in total. The number of methoxy groups -OCH3 is 1. The second-order valence-electron chi connectivity index (χ2n) is 5.87. The Bertz CT molecular complexity index is 881. The van der Waals surface area contributed by atoms with Crippen LogP contribution in [0.3, 0.4) is 0 Å². The minimum atomic E-state index is -0.339. The van der Waals surface area contributed by atoms with Crippen LogP contribution in [0.1, 0.15) is 19.4 Å². The van der Waals surface area contributed by atoms with Gasteiger partial charge in [-0.15, -0.1) is 0 Å². The van der Waals surface area contributed by atoms with E-state index in [0.29, 0.717) is 41.0 Å². The number of carbonyl (C=O) groups is 1. The van der Waals surface area contributed by atoms with Crippen molar-refractivity contribution in [2.24, 2.45) is 5.16 Å². The lowest BCUT2D eigenvalue weighted by atomic mass is 10.1. The molecule has 0 bridgehead atoms. The zero-order valence-corrected chi connectivity index (χ0v) is 16.0. The third kappa shape index (κ3) is 4.64. The summed E-state index contributed by atoms with van der Waals surface area (Å²) in [6.45, 7) is 4.18. The molecule has 0 aliphatic carbocycles. The van der Waals surface area contributed by atoms with Gasteiger partial charge in [-0.25, -0.2) is 0 Å². The van der Waals surface area contributed by atoms with Gasteiger partial charge in [-0.3, -0.25) is 4.79 Å². The lowest BCUT2D eigenvalue weighted by Crippen LogP contribution is -2.17. The van der Waals surface area contributed by atoms with Crippen molar-refractivity contribution in [3.8, 4) is 23.0 Å². The van der Waals surface area contributed by atoms with Crippen molar-refractivity contribution in [1.82, 2.24) is 0 Å². The van der Waals surface area contributed by atoms with Crippen LogP contribution in [0.5, 0.6) is 23.0 Å². The Kier molecular flexibility index (Phi) is 6.21. The van der Waals surface area contributed by atoms with Crippen molar-refractivity contribution in [1.29, 1.82) is 0 Å². The Morgan fingerprint density at radius 2 is 1.96 bits per heavy atom. The van der Waals surface area contributed by atoms with Crippen LogP contribution in [0.4, 0.5) is 5.69 Å². The summed E-state index contributed by atoms with van der Waals surface area (Å²) < 4.78 is 21.3. The molecule has 2 aromatic carbocycles. The van der Waals surface area contributed by atoms with Gasteiger partial charge in [-0.1, -0.05) is 5.16 Å². The quantitative estimate of drug-likeness (QED) is 0.554. The van der Waals surface area contributed by atoms with E-state index in [1.807, 2.05) is 25.1 Å². The predicted molar refractivity (Wildman–Crippen MR) is 104 cm³/mol. The molecule has 1 amide bonds. The number of nitrogens with one attached hydrogen (secondary N) is 1. The van der Waals surface area contributed by atoms with E-state index in [4.69, 9.17) is 23.8 Å². The number of oxime groups is 1. The summed E-state index contributed by atoms with van der Waals surface area (Å²) in [6.07, 6.45) is 0. The highest BCUT2D eigenvalue weighted by Gasteiger charge is 2.14. The third-order valence-electron chi connectivity index (χ3n) is 3.93. The molecule has 2 aromatic rings. The fourth-order valence-corrected chi connectivity index (χ4v) is 2.58. The molecular weight excluding hydrogens is 364 g/mol. The van der Waals surface area contributed by atoms with Crippen molar-refractivity contribution in [3.63, 3.8) is 0 Å². The Hall–Kier alpha value is -3.42. The van der Waals surface area contributed by atoms with Crippen LogP contribution in [-0.2, 0) is 9.63 Å². The van der Waals surface area contributed by atoms with Gasteiger partial charge in [0.25, 0.3) is 5.91 Å². The zero-order chi connectivity index (χ0) is 19.9. The Labute approximate surface area is 163 Å². The van der Waals surface area contributed by atoms with E-state index in [1.165, 1.54) is 0 Å². The normalized spacial score (nSPS) is 12.5. The molecule has 3 rings (SSSR count). The molecule has 8 heteroatoms. The second-order valence-corrected chi connectivity index (χ2v) is 5.87. The van der Waals surface area contributed by atoms with Crippen molar-refractivity contribution in [2.45, 2.75) is 13.8 Å². The first-order chi connectivity index (χ1) is 13.6. The number of hydrogen-bond acceptors (Lipinski definition) is 7. The molecule has 148 valence electrons. The number of nitrogens with zero attached hydrogens (tertiary/aromatic N) is 1. The van der Waals surface area contributed by atoms with Crippen molar-refractivity contribution < 1.29 is 28.6 Å². The predicted octanol–water partition coefficient (Wildman–Crippen LogP) is 3.20. The highest BCUT2D eigenvalue weighted by Crippen LogP contribution is 2.32. The molecule has 0 fully saturated rings. The Morgan fingerprint density at radius 3 is 2.75 bits per heavy atom. The van der Waals surface area contributed by atoms with Crippen molar-refractivity contribution in [2.75, 3.05) is 32.4 Å². The van der Waals surface area contributed by atoms with Gasteiger partial charge >= 0.3 is 0 Å². The molecule has 28 heavy (non-hydrogen) atoms. The maximum atomic E-state index is 12.1. The van der Waals surface area contributed by atoms with Gasteiger partial charge < -0.3 is 29.1 Å². The van der Waals surface area contributed by atoms with Crippen molar-refractivity contribution >= 4 is 17.3 Å². The average Bonchev–Trinajstić information content (AvgIpc) is 3.17. The molecular formula is C20H22N2O6. The van der Waals surface area contributed by atoms with Gasteiger partial charge in [0.15, 0.2) is 29.6 Å². The molecule has 1 heterocycles. The largest absolute Gasteiger partial charge is 0.493 e. The first kappa shape index (κ1) is 19.3. The molecule has 0 spiro atoms. The topological polar surface area (TPSA) is 87.6 Å². The molecule has 0 unspecified atom stereocenters. The number of hydrogen-bond donors (Lipinski definition) is 1. The van der Waals surface area contributed by atoms with Crippen LogP contribution < -0.4 is 24.3 Å². The van der Waals surface area contributed by atoms with E-state index in [1.54, 1.807) is 32.2 Å². The summed E-state index contributed by atoms with van der Waals surface area (Å²) in [7, 11) is 1.54. The van der Waals surface area contributed by atoms with Crippen LogP contribution in [-0.4, -0.2) is 38.7 Å². The van der Waals surface area contributed by atoms with Gasteiger partial charge in [0.2, 0.25) is 6.79 Å². The van der Waals surface area contributed by atoms with Gasteiger partial charge in [-0.2, -0.15) is 0 Å². The number of amides is 1. The van der Waals surface area contributed by atoms with Gasteiger partial charge in [0, 0.05) is 17.3 Å². The number of fused-ring (bicyclic) bond motifs is 1. The molecule has 1 aliphatic heterocycles. The maximum Gasteiger partial charge on any atom is 0.265 e. The highest BCUT2D eigenvalue weighted by atomic mass is 16.7. The summed E-state index contributed by atoms with van der Waals surface area (Å²) in [6, 6.07) is 10.6. The fraction of sp³-hybridized carbons (Fsp3) is 0.300. The molecule has 0 aromatic heterocycles. The first-order valence-electron chi connectivity index (χ1n) is 8.78. The van der Waals surface area contributed by atoms with Crippen molar-refractivity contribution in [3.05, 3.63) is 42.0 Å². The lowest BCUT2D eigenvalue weighted by Gasteiger charge is -2.11. The maximum absolute atomic E-state index is 12.1. The van der Waals surface area contributed by atoms with E-state index in [9.17, 15) is 4.79 Å². The average molecular weight is 386 g/mol. The molecule has 0 saturated heterocycles. The molecule has 1 N–H and O–H groups in total. The van der Waals surface area contributed by atoms with Gasteiger partial charge in [0.1, 0.15) is 0 Å². The summed E-state index contributed by atoms with van der Waals surface area (Å²) in [5.41, 5.74) is 2.01. The van der Waals surface area contributed by atoms with E-state index < -0.39 is 0 Å². The number of benzene rings is 2.